The monoisotopic (exact) mass is 235 g/mol. The Morgan fingerprint density at radius 3 is 2.41 bits per heavy atom. The third-order valence-corrected chi connectivity index (χ3v) is 2.16. The third-order valence-electron chi connectivity index (χ3n) is 2.16. The first-order valence-corrected chi connectivity index (χ1v) is 6.08. The average molecular weight is 235 g/mol. The molecule has 1 aromatic carbocycles. The van der Waals surface area contributed by atoms with Crippen LogP contribution in [0.15, 0.2) is 36.4 Å². The Labute approximate surface area is 103 Å². The van der Waals surface area contributed by atoms with Crippen molar-refractivity contribution in [3.63, 3.8) is 0 Å². The van der Waals surface area contributed by atoms with Crippen molar-refractivity contribution >= 4 is 0 Å². The molecule has 0 atom stereocenters. The lowest BCUT2D eigenvalue weighted by Gasteiger charge is -2.09. The summed E-state index contributed by atoms with van der Waals surface area (Å²) < 4.78 is 11.1. The van der Waals surface area contributed by atoms with Crippen LogP contribution < -0.4 is 14.8 Å². The van der Waals surface area contributed by atoms with Gasteiger partial charge < -0.3 is 14.8 Å². The van der Waals surface area contributed by atoms with E-state index in [1.807, 2.05) is 37.3 Å². The Kier molecular flexibility index (Phi) is 6.91. The minimum atomic E-state index is 0.565. The van der Waals surface area contributed by atoms with Gasteiger partial charge >= 0.3 is 0 Å². The number of hydrogen-bond donors (Lipinski definition) is 1. The first-order valence-electron chi connectivity index (χ1n) is 6.08. The van der Waals surface area contributed by atoms with E-state index < -0.39 is 0 Å². The maximum Gasteiger partial charge on any atom is 0.161 e. The van der Waals surface area contributed by atoms with E-state index in [0.29, 0.717) is 13.2 Å². The molecule has 0 aliphatic rings. The summed E-state index contributed by atoms with van der Waals surface area (Å²) in [5.74, 6) is 1.59. The molecule has 0 saturated heterocycles. The van der Waals surface area contributed by atoms with Gasteiger partial charge in [0.2, 0.25) is 0 Å². The van der Waals surface area contributed by atoms with Crippen molar-refractivity contribution in [1.82, 2.24) is 5.32 Å². The summed E-state index contributed by atoms with van der Waals surface area (Å²) in [5.41, 5.74) is 0. The lowest BCUT2D eigenvalue weighted by atomic mass is 10.3. The predicted octanol–water partition coefficient (Wildman–Crippen LogP) is 2.63. The highest BCUT2D eigenvalue weighted by Gasteiger charge is 2.01. The number of nitrogens with one attached hydrogen (secondary N) is 1. The van der Waals surface area contributed by atoms with Crippen LogP contribution in [0.2, 0.25) is 0 Å². The van der Waals surface area contributed by atoms with Crippen molar-refractivity contribution in [3.05, 3.63) is 36.4 Å². The Bertz CT molecular complexity index is 337. The standard InChI is InChI=1S/C14H21NO2/c1-3-15-11-7-8-12-17-14-10-6-5-9-13(14)16-4-2/h5-10,15H,3-4,11-12H2,1-2H3. The normalized spacial score (nSPS) is 10.7. The van der Waals surface area contributed by atoms with Crippen LogP contribution in [0.4, 0.5) is 0 Å². The van der Waals surface area contributed by atoms with Gasteiger partial charge in [-0.2, -0.15) is 0 Å². The van der Waals surface area contributed by atoms with Crippen LogP contribution in [0.3, 0.4) is 0 Å². The summed E-state index contributed by atoms with van der Waals surface area (Å²) in [5, 5.41) is 3.21. The van der Waals surface area contributed by atoms with Crippen molar-refractivity contribution in [2.75, 3.05) is 26.3 Å². The number of para-hydroxylation sites is 2. The molecular weight excluding hydrogens is 214 g/mol. The number of likely N-dealkylation sites (N-methyl/N-ethyl adjacent to an activating group) is 1. The molecular formula is C14H21NO2. The molecule has 0 bridgehead atoms. The van der Waals surface area contributed by atoms with E-state index in [1.54, 1.807) is 0 Å². The maximum absolute atomic E-state index is 5.63. The fourth-order valence-electron chi connectivity index (χ4n) is 1.36. The van der Waals surface area contributed by atoms with E-state index in [-0.39, 0.29) is 0 Å². The van der Waals surface area contributed by atoms with E-state index in [2.05, 4.69) is 18.3 Å². The van der Waals surface area contributed by atoms with Crippen molar-refractivity contribution in [2.45, 2.75) is 13.8 Å². The van der Waals surface area contributed by atoms with Gasteiger partial charge in [0.25, 0.3) is 0 Å². The second-order valence-electron chi connectivity index (χ2n) is 3.47. The average Bonchev–Trinajstić information content (AvgIpc) is 2.36. The van der Waals surface area contributed by atoms with Gasteiger partial charge in [-0.25, -0.2) is 0 Å². The molecule has 1 aromatic rings. The Hall–Kier alpha value is -1.48. The molecule has 3 nitrogen and oxygen atoms in total. The Morgan fingerprint density at radius 2 is 1.76 bits per heavy atom. The summed E-state index contributed by atoms with van der Waals surface area (Å²) in [4.78, 5) is 0. The highest BCUT2D eigenvalue weighted by Crippen LogP contribution is 2.26. The molecule has 0 aliphatic heterocycles. The fourth-order valence-corrected chi connectivity index (χ4v) is 1.36. The van der Waals surface area contributed by atoms with E-state index in [0.717, 1.165) is 24.6 Å². The molecule has 1 rings (SSSR count). The van der Waals surface area contributed by atoms with Gasteiger partial charge in [-0.15, -0.1) is 0 Å². The van der Waals surface area contributed by atoms with Crippen LogP contribution in [0.1, 0.15) is 13.8 Å². The number of ether oxygens (including phenoxy) is 2. The zero-order valence-electron chi connectivity index (χ0n) is 10.6. The summed E-state index contributed by atoms with van der Waals surface area (Å²) in [6.07, 6.45) is 4.07. The molecule has 0 heterocycles. The second kappa shape index (κ2) is 8.65. The van der Waals surface area contributed by atoms with Crippen molar-refractivity contribution < 1.29 is 9.47 Å². The molecule has 0 radical (unpaired) electrons. The van der Waals surface area contributed by atoms with E-state index in [1.165, 1.54) is 0 Å². The first-order chi connectivity index (χ1) is 8.38. The number of rotatable bonds is 8. The van der Waals surface area contributed by atoms with Gasteiger partial charge in [-0.3, -0.25) is 0 Å². The summed E-state index contributed by atoms with van der Waals surface area (Å²) >= 11 is 0. The molecule has 1 N–H and O–H groups in total. The third kappa shape index (κ3) is 5.41. The van der Waals surface area contributed by atoms with Gasteiger partial charge in [-0.05, 0) is 25.6 Å². The number of benzene rings is 1. The van der Waals surface area contributed by atoms with Gasteiger partial charge in [0, 0.05) is 6.54 Å². The molecule has 0 spiro atoms. The lowest BCUT2D eigenvalue weighted by molar-refractivity contribution is 0.296. The summed E-state index contributed by atoms with van der Waals surface area (Å²) in [6.45, 7) is 7.13. The summed E-state index contributed by atoms with van der Waals surface area (Å²) in [7, 11) is 0. The molecule has 94 valence electrons. The number of hydrogen-bond acceptors (Lipinski definition) is 3. The van der Waals surface area contributed by atoms with Crippen molar-refractivity contribution in [1.29, 1.82) is 0 Å². The zero-order valence-corrected chi connectivity index (χ0v) is 10.6. The van der Waals surface area contributed by atoms with E-state index >= 15 is 0 Å². The quantitative estimate of drug-likeness (QED) is 0.555. The highest BCUT2D eigenvalue weighted by atomic mass is 16.5. The first kappa shape index (κ1) is 13.6. The molecule has 0 aromatic heterocycles. The van der Waals surface area contributed by atoms with E-state index in [4.69, 9.17) is 9.47 Å². The summed E-state index contributed by atoms with van der Waals surface area (Å²) in [6, 6.07) is 7.73. The predicted molar refractivity (Wildman–Crippen MR) is 70.8 cm³/mol. The van der Waals surface area contributed by atoms with Gasteiger partial charge in [-0.1, -0.05) is 31.2 Å². The zero-order chi connectivity index (χ0) is 12.3. The highest BCUT2D eigenvalue weighted by molar-refractivity contribution is 5.39. The molecule has 0 fully saturated rings. The molecule has 17 heavy (non-hydrogen) atoms. The van der Waals surface area contributed by atoms with Crippen LogP contribution in [0, 0.1) is 0 Å². The Morgan fingerprint density at radius 1 is 1.06 bits per heavy atom. The maximum atomic E-state index is 5.63. The minimum Gasteiger partial charge on any atom is -0.490 e. The van der Waals surface area contributed by atoms with Crippen LogP contribution >= 0.6 is 0 Å². The topological polar surface area (TPSA) is 30.5 Å². The fraction of sp³-hybridized carbons (Fsp3) is 0.429. The molecule has 3 heteroatoms. The van der Waals surface area contributed by atoms with Gasteiger partial charge in [0.15, 0.2) is 11.5 Å². The lowest BCUT2D eigenvalue weighted by Crippen LogP contribution is -2.11. The SMILES string of the molecule is CCNCC=CCOc1ccccc1OCC. The van der Waals surface area contributed by atoms with Crippen LogP contribution in [-0.4, -0.2) is 26.3 Å². The smallest absolute Gasteiger partial charge is 0.161 e. The largest absolute Gasteiger partial charge is 0.490 e. The Balaban J connectivity index is 2.37. The molecule has 0 amide bonds. The molecule has 0 unspecified atom stereocenters. The van der Waals surface area contributed by atoms with Crippen molar-refractivity contribution in [2.24, 2.45) is 0 Å². The molecule has 0 saturated carbocycles. The molecule has 0 aliphatic carbocycles. The van der Waals surface area contributed by atoms with Crippen molar-refractivity contribution in [3.8, 4) is 11.5 Å². The van der Waals surface area contributed by atoms with E-state index in [9.17, 15) is 0 Å². The van der Waals surface area contributed by atoms with Crippen LogP contribution in [-0.2, 0) is 0 Å². The minimum absolute atomic E-state index is 0.565. The van der Waals surface area contributed by atoms with Crippen LogP contribution in [0.25, 0.3) is 0 Å². The second-order valence-corrected chi connectivity index (χ2v) is 3.47. The van der Waals surface area contributed by atoms with Gasteiger partial charge in [0.05, 0.1) is 6.61 Å². The van der Waals surface area contributed by atoms with Gasteiger partial charge in [0.1, 0.15) is 6.61 Å². The van der Waals surface area contributed by atoms with Crippen LogP contribution in [0.5, 0.6) is 11.5 Å².